The fourth-order valence-electron chi connectivity index (χ4n) is 2.55. The molecule has 1 saturated heterocycles. The minimum atomic E-state index is -0.867. The topological polar surface area (TPSA) is 84.9 Å². The average molecular weight is 362 g/mol. The van der Waals surface area contributed by atoms with Crippen molar-refractivity contribution in [2.75, 3.05) is 31.2 Å². The fourth-order valence-corrected chi connectivity index (χ4v) is 3.19. The van der Waals surface area contributed by atoms with Crippen molar-refractivity contribution in [1.29, 1.82) is 0 Å². The molecule has 1 rings (SSSR count). The van der Waals surface area contributed by atoms with Crippen LogP contribution in [0.15, 0.2) is 0 Å². The largest absolute Gasteiger partial charge is 0.464 e. The van der Waals surface area contributed by atoms with E-state index in [1.54, 1.807) is 27.7 Å². The molecule has 0 radical (unpaired) electrons. The molecule has 1 fully saturated rings. The van der Waals surface area contributed by atoms with Gasteiger partial charge < -0.3 is 14.8 Å². The molecular formula is C16H30N2O5S. The molecule has 0 bridgehead atoms. The van der Waals surface area contributed by atoms with E-state index in [2.05, 4.69) is 5.32 Å². The van der Waals surface area contributed by atoms with E-state index in [4.69, 9.17) is 9.47 Å². The van der Waals surface area contributed by atoms with Gasteiger partial charge in [-0.15, -0.1) is 0 Å². The van der Waals surface area contributed by atoms with E-state index in [9.17, 15) is 13.8 Å². The molecule has 1 aliphatic heterocycles. The highest BCUT2D eigenvalue weighted by Crippen LogP contribution is 2.22. The highest BCUT2D eigenvalue weighted by molar-refractivity contribution is 7.84. The Balaban J connectivity index is 2.76. The van der Waals surface area contributed by atoms with Crippen LogP contribution >= 0.6 is 0 Å². The number of carbonyl (C=O) groups is 2. The predicted octanol–water partition coefficient (Wildman–Crippen LogP) is 1.29. The summed E-state index contributed by atoms with van der Waals surface area (Å²) in [5.74, 6) is 0.696. The summed E-state index contributed by atoms with van der Waals surface area (Å²) < 4.78 is 22.0. The predicted molar refractivity (Wildman–Crippen MR) is 93.3 cm³/mol. The monoisotopic (exact) mass is 362 g/mol. The molecule has 0 aromatic rings. The van der Waals surface area contributed by atoms with Gasteiger partial charge in [-0.3, -0.25) is 9.11 Å². The molecule has 8 heteroatoms. The maximum atomic E-state index is 12.4. The number of ether oxygens (including phenoxy) is 2. The second kappa shape index (κ2) is 9.36. The summed E-state index contributed by atoms with van der Waals surface area (Å²) in [6.45, 7) is 10.2. The SMILES string of the molecule is CCOC(=O)[C@@H]1[C@H](NCC[S@@](=O)CC)CCN1C(=O)OC(C)(C)C. The minimum absolute atomic E-state index is 0.217. The van der Waals surface area contributed by atoms with Crippen LogP contribution in [0.1, 0.15) is 41.0 Å². The zero-order valence-corrected chi connectivity index (χ0v) is 16.1. The van der Waals surface area contributed by atoms with Crippen molar-refractivity contribution in [2.24, 2.45) is 0 Å². The summed E-state index contributed by atoms with van der Waals surface area (Å²) in [5, 5.41) is 3.24. The Bertz CT molecular complexity index is 464. The number of hydrogen-bond acceptors (Lipinski definition) is 6. The van der Waals surface area contributed by atoms with Gasteiger partial charge in [0, 0.05) is 41.4 Å². The lowest BCUT2D eigenvalue weighted by molar-refractivity contribution is -0.148. The van der Waals surface area contributed by atoms with E-state index >= 15 is 0 Å². The van der Waals surface area contributed by atoms with E-state index in [1.165, 1.54) is 4.90 Å². The number of hydrogen-bond donors (Lipinski definition) is 1. The number of amides is 1. The quantitative estimate of drug-likeness (QED) is 0.687. The smallest absolute Gasteiger partial charge is 0.411 e. The van der Waals surface area contributed by atoms with Crippen LogP contribution in [0.4, 0.5) is 4.79 Å². The van der Waals surface area contributed by atoms with Gasteiger partial charge in [-0.1, -0.05) is 6.92 Å². The van der Waals surface area contributed by atoms with Gasteiger partial charge in [0.1, 0.15) is 11.6 Å². The third-order valence-corrected chi connectivity index (χ3v) is 4.92. The molecule has 0 aromatic heterocycles. The number of esters is 1. The second-order valence-corrected chi connectivity index (χ2v) is 8.52. The molecule has 0 aromatic carbocycles. The molecule has 1 N–H and O–H groups in total. The second-order valence-electron chi connectivity index (χ2n) is 6.65. The number of nitrogens with one attached hydrogen (secondary N) is 1. The van der Waals surface area contributed by atoms with Crippen molar-refractivity contribution < 1.29 is 23.3 Å². The Morgan fingerprint density at radius 1 is 1.29 bits per heavy atom. The minimum Gasteiger partial charge on any atom is -0.464 e. The van der Waals surface area contributed by atoms with Gasteiger partial charge in [-0.2, -0.15) is 0 Å². The van der Waals surface area contributed by atoms with Crippen LogP contribution in [0.2, 0.25) is 0 Å². The summed E-state index contributed by atoms with van der Waals surface area (Å²) in [5.41, 5.74) is -0.625. The lowest BCUT2D eigenvalue weighted by Gasteiger charge is -2.29. The molecule has 1 heterocycles. The van der Waals surface area contributed by atoms with Crippen LogP contribution in [-0.4, -0.2) is 70.1 Å². The molecule has 1 aliphatic rings. The van der Waals surface area contributed by atoms with E-state index in [-0.39, 0.29) is 12.6 Å². The Hall–Kier alpha value is -1.15. The first-order chi connectivity index (χ1) is 11.2. The van der Waals surface area contributed by atoms with Gasteiger partial charge in [0.25, 0.3) is 0 Å². The molecule has 1 amide bonds. The molecule has 0 spiro atoms. The van der Waals surface area contributed by atoms with E-state index < -0.39 is 34.5 Å². The van der Waals surface area contributed by atoms with Crippen molar-refractivity contribution in [3.63, 3.8) is 0 Å². The highest BCUT2D eigenvalue weighted by Gasteiger charge is 2.44. The third kappa shape index (κ3) is 6.39. The Labute approximate surface area is 146 Å². The summed E-state index contributed by atoms with van der Waals surface area (Å²) in [4.78, 5) is 26.1. The molecule has 140 valence electrons. The average Bonchev–Trinajstić information content (AvgIpc) is 2.89. The number of carbonyl (C=O) groups excluding carboxylic acids is 2. The lowest BCUT2D eigenvalue weighted by atomic mass is 10.1. The van der Waals surface area contributed by atoms with Crippen LogP contribution in [0.25, 0.3) is 0 Å². The molecule has 24 heavy (non-hydrogen) atoms. The van der Waals surface area contributed by atoms with Crippen LogP contribution in [0.3, 0.4) is 0 Å². The summed E-state index contributed by atoms with van der Waals surface area (Å²) in [6, 6.07) is -0.930. The van der Waals surface area contributed by atoms with Crippen LogP contribution in [0.5, 0.6) is 0 Å². The molecule has 0 aliphatic carbocycles. The van der Waals surface area contributed by atoms with Gasteiger partial charge in [-0.05, 0) is 34.1 Å². The van der Waals surface area contributed by atoms with E-state index in [1.807, 2.05) is 6.92 Å². The zero-order chi connectivity index (χ0) is 18.3. The first-order valence-corrected chi connectivity index (χ1v) is 9.93. The van der Waals surface area contributed by atoms with Crippen molar-refractivity contribution in [2.45, 2.75) is 58.7 Å². The van der Waals surface area contributed by atoms with Crippen molar-refractivity contribution in [1.82, 2.24) is 10.2 Å². The van der Waals surface area contributed by atoms with Gasteiger partial charge in [0.15, 0.2) is 0 Å². The van der Waals surface area contributed by atoms with Crippen molar-refractivity contribution in [3.05, 3.63) is 0 Å². The normalized spacial score (nSPS) is 22.3. The third-order valence-electron chi connectivity index (χ3n) is 3.61. The number of likely N-dealkylation sites (tertiary alicyclic amines) is 1. The first kappa shape index (κ1) is 20.9. The van der Waals surface area contributed by atoms with Gasteiger partial charge >= 0.3 is 12.1 Å². The maximum absolute atomic E-state index is 12.4. The Kier molecular flexibility index (Phi) is 8.15. The van der Waals surface area contributed by atoms with Crippen LogP contribution in [-0.2, 0) is 25.1 Å². The molecule has 3 atom stereocenters. The van der Waals surface area contributed by atoms with Crippen LogP contribution in [0, 0.1) is 0 Å². The lowest BCUT2D eigenvalue weighted by Crippen LogP contribution is -2.51. The van der Waals surface area contributed by atoms with Crippen molar-refractivity contribution >= 4 is 22.9 Å². The summed E-state index contributed by atoms with van der Waals surface area (Å²) >= 11 is 0. The molecule has 0 unspecified atom stereocenters. The zero-order valence-electron chi connectivity index (χ0n) is 15.3. The maximum Gasteiger partial charge on any atom is 0.411 e. The summed E-state index contributed by atoms with van der Waals surface area (Å²) in [7, 11) is -0.867. The molecular weight excluding hydrogens is 332 g/mol. The molecule has 7 nitrogen and oxygen atoms in total. The Morgan fingerprint density at radius 3 is 2.50 bits per heavy atom. The van der Waals surface area contributed by atoms with Crippen LogP contribution < -0.4 is 5.32 Å². The summed E-state index contributed by atoms with van der Waals surface area (Å²) in [6.07, 6.45) is 0.114. The van der Waals surface area contributed by atoms with Gasteiger partial charge in [0.2, 0.25) is 0 Å². The van der Waals surface area contributed by atoms with Crippen molar-refractivity contribution in [3.8, 4) is 0 Å². The standard InChI is InChI=1S/C16H30N2O5S/c1-6-22-14(19)13-12(17-9-11-24(21)7-2)8-10-18(13)15(20)23-16(3,4)5/h12-13,17H,6-11H2,1-5H3/t12-,13+,24+/m1/s1. The van der Waals surface area contributed by atoms with Gasteiger partial charge in [-0.25, -0.2) is 9.59 Å². The Morgan fingerprint density at radius 2 is 1.96 bits per heavy atom. The van der Waals surface area contributed by atoms with E-state index in [0.29, 0.717) is 31.0 Å². The fraction of sp³-hybridized carbons (Fsp3) is 0.875. The van der Waals surface area contributed by atoms with E-state index in [0.717, 1.165) is 0 Å². The first-order valence-electron chi connectivity index (χ1n) is 8.44. The number of nitrogens with zero attached hydrogens (tertiary/aromatic N) is 1. The van der Waals surface area contributed by atoms with Gasteiger partial charge in [0.05, 0.1) is 6.61 Å². The molecule has 0 saturated carbocycles. The highest BCUT2D eigenvalue weighted by atomic mass is 32.2. The number of rotatable bonds is 7.